The SMILES string of the molecule is COc1ccc(-c2nc(N)c(C#N)c(-c3ccccc3)n2)cc1. The molecule has 0 saturated carbocycles. The van der Waals surface area contributed by atoms with Gasteiger partial charge in [0.15, 0.2) is 5.82 Å². The molecule has 1 heterocycles. The second-order valence-corrected chi connectivity index (χ2v) is 4.86. The van der Waals surface area contributed by atoms with Crippen molar-refractivity contribution in [3.8, 4) is 34.5 Å². The van der Waals surface area contributed by atoms with E-state index >= 15 is 0 Å². The maximum atomic E-state index is 9.36. The number of ether oxygens (including phenoxy) is 1. The predicted octanol–water partition coefficient (Wildman–Crippen LogP) is 3.27. The van der Waals surface area contributed by atoms with Crippen LogP contribution in [0.5, 0.6) is 5.75 Å². The van der Waals surface area contributed by atoms with Gasteiger partial charge < -0.3 is 10.5 Å². The fourth-order valence-corrected chi connectivity index (χ4v) is 2.26. The molecule has 2 N–H and O–H groups in total. The Morgan fingerprint density at radius 3 is 2.26 bits per heavy atom. The number of methoxy groups -OCH3 is 1. The van der Waals surface area contributed by atoms with Gasteiger partial charge in [0.25, 0.3) is 0 Å². The first-order valence-electron chi connectivity index (χ1n) is 7.00. The molecule has 23 heavy (non-hydrogen) atoms. The molecular weight excluding hydrogens is 288 g/mol. The van der Waals surface area contributed by atoms with E-state index in [4.69, 9.17) is 10.5 Å². The quantitative estimate of drug-likeness (QED) is 0.802. The number of aromatic nitrogens is 2. The van der Waals surface area contributed by atoms with Gasteiger partial charge in [-0.1, -0.05) is 30.3 Å². The van der Waals surface area contributed by atoms with Gasteiger partial charge >= 0.3 is 0 Å². The van der Waals surface area contributed by atoms with E-state index in [1.54, 1.807) is 7.11 Å². The van der Waals surface area contributed by atoms with Crippen molar-refractivity contribution < 1.29 is 4.74 Å². The van der Waals surface area contributed by atoms with Crippen LogP contribution in [0.2, 0.25) is 0 Å². The highest BCUT2D eigenvalue weighted by molar-refractivity contribution is 5.74. The van der Waals surface area contributed by atoms with Gasteiger partial charge in [-0.2, -0.15) is 5.26 Å². The van der Waals surface area contributed by atoms with E-state index in [0.29, 0.717) is 11.5 Å². The molecule has 0 amide bonds. The van der Waals surface area contributed by atoms with Gasteiger partial charge in [0.2, 0.25) is 0 Å². The number of hydrogen-bond donors (Lipinski definition) is 1. The van der Waals surface area contributed by atoms with Gasteiger partial charge in [0.1, 0.15) is 23.2 Å². The summed E-state index contributed by atoms with van der Waals surface area (Å²) in [6, 6.07) is 18.9. The average Bonchev–Trinajstić information content (AvgIpc) is 2.62. The zero-order chi connectivity index (χ0) is 16.2. The number of nitrogens with zero attached hydrogens (tertiary/aromatic N) is 3. The van der Waals surface area contributed by atoms with Crippen molar-refractivity contribution in [1.29, 1.82) is 5.26 Å². The highest BCUT2D eigenvalue weighted by Crippen LogP contribution is 2.28. The third-order valence-electron chi connectivity index (χ3n) is 3.44. The lowest BCUT2D eigenvalue weighted by molar-refractivity contribution is 0.415. The maximum Gasteiger partial charge on any atom is 0.162 e. The number of rotatable bonds is 3. The molecule has 2 aromatic carbocycles. The van der Waals surface area contributed by atoms with Crippen LogP contribution in [0.1, 0.15) is 5.56 Å². The molecule has 5 heteroatoms. The fourth-order valence-electron chi connectivity index (χ4n) is 2.26. The van der Waals surface area contributed by atoms with Crippen molar-refractivity contribution in [3.05, 3.63) is 60.2 Å². The molecule has 0 fully saturated rings. The highest BCUT2D eigenvalue weighted by Gasteiger charge is 2.15. The first kappa shape index (κ1) is 14.5. The van der Waals surface area contributed by atoms with Crippen LogP contribution in [0.15, 0.2) is 54.6 Å². The summed E-state index contributed by atoms with van der Waals surface area (Å²) in [4.78, 5) is 8.81. The molecule has 0 saturated heterocycles. The summed E-state index contributed by atoms with van der Waals surface area (Å²) in [6.07, 6.45) is 0. The van der Waals surface area contributed by atoms with E-state index in [1.807, 2.05) is 54.6 Å². The maximum absolute atomic E-state index is 9.36. The monoisotopic (exact) mass is 302 g/mol. The van der Waals surface area contributed by atoms with E-state index in [9.17, 15) is 5.26 Å². The van der Waals surface area contributed by atoms with Crippen molar-refractivity contribution in [3.63, 3.8) is 0 Å². The van der Waals surface area contributed by atoms with Crippen molar-refractivity contribution in [1.82, 2.24) is 9.97 Å². The summed E-state index contributed by atoms with van der Waals surface area (Å²) >= 11 is 0. The lowest BCUT2D eigenvalue weighted by Gasteiger charge is -2.09. The van der Waals surface area contributed by atoms with E-state index in [0.717, 1.165) is 16.9 Å². The van der Waals surface area contributed by atoms with Crippen LogP contribution in [0, 0.1) is 11.3 Å². The Morgan fingerprint density at radius 2 is 1.65 bits per heavy atom. The number of nitriles is 1. The minimum atomic E-state index is 0.173. The topological polar surface area (TPSA) is 84.8 Å². The standard InChI is InChI=1S/C18H14N4O/c1-23-14-9-7-13(8-10-14)18-21-16(12-5-3-2-4-6-12)15(11-19)17(20)22-18/h2-10H,1H3,(H2,20,21,22). The molecule has 0 bridgehead atoms. The zero-order valence-electron chi connectivity index (χ0n) is 12.5. The Morgan fingerprint density at radius 1 is 0.957 bits per heavy atom. The van der Waals surface area contributed by atoms with Gasteiger partial charge in [0.05, 0.1) is 12.8 Å². The predicted molar refractivity (Wildman–Crippen MR) is 88.6 cm³/mol. The normalized spacial score (nSPS) is 10.1. The van der Waals surface area contributed by atoms with Crippen LogP contribution < -0.4 is 10.5 Å². The van der Waals surface area contributed by atoms with Crippen LogP contribution in [-0.4, -0.2) is 17.1 Å². The Labute approximate surface area is 134 Å². The Kier molecular flexibility index (Phi) is 3.89. The van der Waals surface area contributed by atoms with Crippen molar-refractivity contribution >= 4 is 5.82 Å². The summed E-state index contributed by atoms with van der Waals surface area (Å²) in [6.45, 7) is 0. The highest BCUT2D eigenvalue weighted by atomic mass is 16.5. The first-order chi connectivity index (χ1) is 11.2. The molecule has 1 aromatic heterocycles. The van der Waals surface area contributed by atoms with Crippen LogP contribution in [0.4, 0.5) is 5.82 Å². The molecule has 0 atom stereocenters. The Hall–Kier alpha value is -3.39. The molecular formula is C18H14N4O. The van der Waals surface area contributed by atoms with E-state index in [-0.39, 0.29) is 11.4 Å². The number of benzene rings is 2. The minimum Gasteiger partial charge on any atom is -0.497 e. The fraction of sp³-hybridized carbons (Fsp3) is 0.0556. The largest absolute Gasteiger partial charge is 0.497 e. The molecule has 0 radical (unpaired) electrons. The van der Waals surface area contributed by atoms with Crippen LogP contribution >= 0.6 is 0 Å². The molecule has 112 valence electrons. The average molecular weight is 302 g/mol. The summed E-state index contributed by atoms with van der Waals surface area (Å²) in [5.41, 5.74) is 8.42. The number of hydrogen-bond acceptors (Lipinski definition) is 5. The van der Waals surface area contributed by atoms with E-state index < -0.39 is 0 Å². The molecule has 0 unspecified atom stereocenters. The zero-order valence-corrected chi connectivity index (χ0v) is 12.5. The van der Waals surface area contributed by atoms with E-state index in [2.05, 4.69) is 16.0 Å². The van der Waals surface area contributed by atoms with Crippen LogP contribution in [0.3, 0.4) is 0 Å². The summed E-state index contributed by atoms with van der Waals surface area (Å²) < 4.78 is 5.15. The van der Waals surface area contributed by atoms with Crippen molar-refractivity contribution in [2.45, 2.75) is 0 Å². The van der Waals surface area contributed by atoms with E-state index in [1.165, 1.54) is 0 Å². The smallest absolute Gasteiger partial charge is 0.162 e. The first-order valence-corrected chi connectivity index (χ1v) is 7.00. The van der Waals surface area contributed by atoms with Crippen molar-refractivity contribution in [2.75, 3.05) is 12.8 Å². The molecule has 3 aromatic rings. The molecule has 0 aliphatic carbocycles. The van der Waals surface area contributed by atoms with Crippen LogP contribution in [0.25, 0.3) is 22.6 Å². The van der Waals surface area contributed by atoms with Crippen LogP contribution in [-0.2, 0) is 0 Å². The number of nitrogen functional groups attached to an aromatic ring is 1. The lowest BCUT2D eigenvalue weighted by atomic mass is 10.1. The summed E-state index contributed by atoms with van der Waals surface area (Å²) in [5, 5.41) is 9.36. The third-order valence-corrected chi connectivity index (χ3v) is 3.44. The Balaban J connectivity index is 2.16. The summed E-state index contributed by atoms with van der Waals surface area (Å²) in [5.74, 6) is 1.40. The molecule has 0 spiro atoms. The summed E-state index contributed by atoms with van der Waals surface area (Å²) in [7, 11) is 1.61. The van der Waals surface area contributed by atoms with Gasteiger partial charge in [0, 0.05) is 11.1 Å². The van der Waals surface area contributed by atoms with Crippen molar-refractivity contribution in [2.24, 2.45) is 0 Å². The van der Waals surface area contributed by atoms with Gasteiger partial charge in [-0.05, 0) is 24.3 Å². The molecule has 5 nitrogen and oxygen atoms in total. The second-order valence-electron chi connectivity index (χ2n) is 4.86. The van der Waals surface area contributed by atoms with Gasteiger partial charge in [-0.3, -0.25) is 0 Å². The molecule has 0 aliphatic rings. The van der Waals surface area contributed by atoms with Gasteiger partial charge in [-0.15, -0.1) is 0 Å². The molecule has 0 aliphatic heterocycles. The van der Waals surface area contributed by atoms with Gasteiger partial charge in [-0.25, -0.2) is 9.97 Å². The number of nitrogens with two attached hydrogens (primary N) is 1. The lowest BCUT2D eigenvalue weighted by Crippen LogP contribution is -2.03. The molecule has 3 rings (SSSR count). The minimum absolute atomic E-state index is 0.173. The third kappa shape index (κ3) is 2.83. The second kappa shape index (κ2) is 6.16. The number of anilines is 1. The Bertz CT molecular complexity index is 868.